The number of benzene rings is 1. The Balaban J connectivity index is 1.89. The molecule has 0 N–H and O–H groups in total. The molecule has 98 valence electrons. The van der Waals surface area contributed by atoms with Crippen molar-refractivity contribution in [2.75, 3.05) is 13.1 Å². The largest absolute Gasteiger partial charge is 0.300 e. The molecule has 0 radical (unpaired) electrons. The molecule has 1 aromatic rings. The van der Waals surface area contributed by atoms with Crippen LogP contribution in [-0.2, 0) is 0 Å². The highest BCUT2D eigenvalue weighted by molar-refractivity contribution is 5.97. The van der Waals surface area contributed by atoms with Crippen LogP contribution in [0.4, 0.5) is 0 Å². The van der Waals surface area contributed by atoms with Crippen LogP contribution in [0.2, 0.25) is 0 Å². The fourth-order valence-electron chi connectivity index (χ4n) is 2.47. The molecule has 1 fully saturated rings. The van der Waals surface area contributed by atoms with E-state index in [-0.39, 0.29) is 5.78 Å². The van der Waals surface area contributed by atoms with Gasteiger partial charge < -0.3 is 0 Å². The minimum absolute atomic E-state index is 0.287. The zero-order chi connectivity index (χ0) is 13.0. The Bertz CT molecular complexity index is 409. The van der Waals surface area contributed by atoms with Gasteiger partial charge in [-0.15, -0.1) is 0 Å². The maximum Gasteiger partial charge on any atom is 0.164 e. The Hall–Kier alpha value is -1.15. The monoisotopic (exact) mass is 245 g/mol. The molecule has 18 heavy (non-hydrogen) atoms. The Morgan fingerprint density at radius 2 is 2.00 bits per heavy atom. The Morgan fingerprint density at radius 3 is 2.61 bits per heavy atom. The van der Waals surface area contributed by atoms with E-state index in [1.165, 1.54) is 19.3 Å². The lowest BCUT2D eigenvalue weighted by Crippen LogP contribution is -2.29. The average molecular weight is 245 g/mol. The fraction of sp³-hybridized carbons (Fsp3) is 0.562. The van der Waals surface area contributed by atoms with E-state index < -0.39 is 0 Å². The number of nitrogens with zero attached hydrogens (tertiary/aromatic N) is 1. The van der Waals surface area contributed by atoms with Crippen molar-refractivity contribution < 1.29 is 4.79 Å². The predicted octanol–water partition coefficient (Wildman–Crippen LogP) is 3.44. The van der Waals surface area contributed by atoms with Crippen molar-refractivity contribution in [1.82, 2.24) is 4.90 Å². The Kier molecular flexibility index (Phi) is 4.54. The van der Waals surface area contributed by atoms with Gasteiger partial charge in [0.2, 0.25) is 0 Å². The fourth-order valence-corrected chi connectivity index (χ4v) is 2.47. The van der Waals surface area contributed by atoms with Crippen LogP contribution < -0.4 is 0 Å². The van der Waals surface area contributed by atoms with E-state index >= 15 is 0 Å². The van der Waals surface area contributed by atoms with Gasteiger partial charge in [0.15, 0.2) is 5.78 Å². The van der Waals surface area contributed by atoms with Gasteiger partial charge in [-0.2, -0.15) is 0 Å². The van der Waals surface area contributed by atoms with E-state index in [1.807, 2.05) is 31.2 Å². The zero-order valence-electron chi connectivity index (χ0n) is 11.5. The van der Waals surface area contributed by atoms with Crippen molar-refractivity contribution >= 4 is 5.78 Å². The van der Waals surface area contributed by atoms with E-state index in [0.717, 1.165) is 30.3 Å². The molecule has 2 nitrogen and oxygen atoms in total. The van der Waals surface area contributed by atoms with Gasteiger partial charge in [-0.3, -0.25) is 9.69 Å². The minimum Gasteiger partial charge on any atom is -0.300 e. The lowest BCUT2D eigenvalue weighted by atomic mass is 10.0. The molecular weight excluding hydrogens is 222 g/mol. The maximum atomic E-state index is 12.2. The molecule has 0 heterocycles. The molecular formula is C16H23NO. The first-order valence-electron chi connectivity index (χ1n) is 7.05. The zero-order valence-corrected chi connectivity index (χ0v) is 11.5. The number of rotatable bonds is 7. The Labute approximate surface area is 110 Å². The van der Waals surface area contributed by atoms with Crippen molar-refractivity contribution in [2.45, 2.75) is 45.6 Å². The molecule has 0 unspecified atom stereocenters. The molecule has 2 heteroatoms. The van der Waals surface area contributed by atoms with E-state index in [9.17, 15) is 4.79 Å². The topological polar surface area (TPSA) is 20.3 Å². The molecule has 0 amide bonds. The van der Waals surface area contributed by atoms with Crippen LogP contribution in [0.5, 0.6) is 0 Å². The first-order chi connectivity index (χ1) is 8.72. The van der Waals surface area contributed by atoms with E-state index in [4.69, 9.17) is 0 Å². The number of ketones is 1. The molecule has 2 rings (SSSR count). The lowest BCUT2D eigenvalue weighted by Gasteiger charge is -2.20. The van der Waals surface area contributed by atoms with Crippen molar-refractivity contribution in [1.29, 1.82) is 0 Å². The maximum absolute atomic E-state index is 12.2. The third kappa shape index (κ3) is 3.42. The van der Waals surface area contributed by atoms with E-state index in [0.29, 0.717) is 6.42 Å². The molecule has 0 aromatic heterocycles. The molecule has 0 atom stereocenters. The van der Waals surface area contributed by atoms with Gasteiger partial charge in [-0.1, -0.05) is 31.2 Å². The summed E-state index contributed by atoms with van der Waals surface area (Å²) in [5.74, 6) is 0.287. The minimum atomic E-state index is 0.287. The summed E-state index contributed by atoms with van der Waals surface area (Å²) in [6.45, 7) is 6.27. The van der Waals surface area contributed by atoms with Crippen LogP contribution in [0.1, 0.15) is 48.5 Å². The van der Waals surface area contributed by atoms with Gasteiger partial charge in [-0.05, 0) is 38.3 Å². The molecule has 0 spiro atoms. The summed E-state index contributed by atoms with van der Waals surface area (Å²) in [6, 6.07) is 8.65. The summed E-state index contributed by atoms with van der Waals surface area (Å²) in [7, 11) is 0. The van der Waals surface area contributed by atoms with Gasteiger partial charge in [0, 0.05) is 24.6 Å². The molecule has 0 saturated heterocycles. The highest BCUT2D eigenvalue weighted by atomic mass is 16.1. The summed E-state index contributed by atoms with van der Waals surface area (Å²) in [5.41, 5.74) is 1.99. The summed E-state index contributed by atoms with van der Waals surface area (Å²) in [5, 5.41) is 0. The van der Waals surface area contributed by atoms with Crippen LogP contribution in [0, 0.1) is 6.92 Å². The summed E-state index contributed by atoms with van der Waals surface area (Å²) < 4.78 is 0. The number of carbonyl (C=O) groups is 1. The number of aryl methyl sites for hydroxylation is 1. The molecule has 0 aliphatic heterocycles. The standard InChI is InChI=1S/C16H23NO/c1-3-11-17(14-8-9-14)12-10-16(18)15-7-5-4-6-13(15)2/h4-7,14H,3,8-12H2,1-2H3. The first-order valence-corrected chi connectivity index (χ1v) is 7.05. The van der Waals surface area contributed by atoms with Crippen molar-refractivity contribution in [3.8, 4) is 0 Å². The number of hydrogen-bond donors (Lipinski definition) is 0. The van der Waals surface area contributed by atoms with Crippen LogP contribution >= 0.6 is 0 Å². The molecule has 1 aliphatic rings. The predicted molar refractivity (Wildman–Crippen MR) is 75.0 cm³/mol. The molecule has 1 saturated carbocycles. The SMILES string of the molecule is CCCN(CCC(=O)c1ccccc1C)C1CC1. The highest BCUT2D eigenvalue weighted by Gasteiger charge is 2.28. The third-order valence-corrected chi connectivity index (χ3v) is 3.65. The van der Waals surface area contributed by atoms with Gasteiger partial charge in [0.05, 0.1) is 0 Å². The molecule has 1 aliphatic carbocycles. The first kappa shape index (κ1) is 13.3. The molecule has 0 bridgehead atoms. The van der Waals surface area contributed by atoms with Crippen LogP contribution in [-0.4, -0.2) is 29.8 Å². The van der Waals surface area contributed by atoms with Crippen LogP contribution in [0.15, 0.2) is 24.3 Å². The van der Waals surface area contributed by atoms with Gasteiger partial charge >= 0.3 is 0 Å². The summed E-state index contributed by atoms with van der Waals surface area (Å²) >= 11 is 0. The van der Waals surface area contributed by atoms with E-state index in [2.05, 4.69) is 11.8 Å². The van der Waals surface area contributed by atoms with Crippen LogP contribution in [0.25, 0.3) is 0 Å². The van der Waals surface area contributed by atoms with E-state index in [1.54, 1.807) is 0 Å². The second kappa shape index (κ2) is 6.14. The summed E-state index contributed by atoms with van der Waals surface area (Å²) in [6.07, 6.45) is 4.47. The van der Waals surface area contributed by atoms with Gasteiger partial charge in [0.25, 0.3) is 0 Å². The smallest absolute Gasteiger partial charge is 0.164 e. The normalized spacial score (nSPS) is 15.1. The summed E-state index contributed by atoms with van der Waals surface area (Å²) in [4.78, 5) is 14.7. The second-order valence-electron chi connectivity index (χ2n) is 5.26. The highest BCUT2D eigenvalue weighted by Crippen LogP contribution is 2.27. The third-order valence-electron chi connectivity index (χ3n) is 3.65. The van der Waals surface area contributed by atoms with Gasteiger partial charge in [0.1, 0.15) is 0 Å². The lowest BCUT2D eigenvalue weighted by molar-refractivity contribution is 0.0961. The van der Waals surface area contributed by atoms with Gasteiger partial charge in [-0.25, -0.2) is 0 Å². The average Bonchev–Trinajstić information content (AvgIpc) is 3.19. The Morgan fingerprint density at radius 1 is 1.28 bits per heavy atom. The van der Waals surface area contributed by atoms with Crippen LogP contribution in [0.3, 0.4) is 0 Å². The number of hydrogen-bond acceptors (Lipinski definition) is 2. The van der Waals surface area contributed by atoms with Crippen molar-refractivity contribution in [3.63, 3.8) is 0 Å². The number of carbonyl (C=O) groups excluding carboxylic acids is 1. The second-order valence-corrected chi connectivity index (χ2v) is 5.26. The molecule has 1 aromatic carbocycles. The van der Waals surface area contributed by atoms with Crippen molar-refractivity contribution in [2.24, 2.45) is 0 Å². The van der Waals surface area contributed by atoms with Crippen molar-refractivity contribution in [3.05, 3.63) is 35.4 Å². The quantitative estimate of drug-likeness (QED) is 0.686. The number of Topliss-reactive ketones (excluding diaryl/α,β-unsaturated/α-hetero) is 1.